The molecular weight excluding hydrogens is 851 g/mol. The summed E-state index contributed by atoms with van der Waals surface area (Å²) in [5.74, 6) is -3.37. The van der Waals surface area contributed by atoms with Crippen molar-refractivity contribution in [3.8, 4) is 5.75 Å². The highest BCUT2D eigenvalue weighted by Gasteiger charge is 2.72. The molecule has 6 fully saturated rings. The number of ether oxygens (including phenoxy) is 3. The van der Waals surface area contributed by atoms with E-state index >= 15 is 4.79 Å². The molecule has 6 atom stereocenters. The van der Waals surface area contributed by atoms with Crippen molar-refractivity contribution < 1.29 is 60.7 Å². The summed E-state index contributed by atoms with van der Waals surface area (Å²) < 4.78 is 60.2. The highest BCUT2D eigenvalue weighted by atomic mass is 32.2. The van der Waals surface area contributed by atoms with Crippen LogP contribution in [0.3, 0.4) is 0 Å². The van der Waals surface area contributed by atoms with E-state index in [1.807, 2.05) is 32.4 Å². The van der Waals surface area contributed by atoms with Crippen LogP contribution in [0.25, 0.3) is 0 Å². The monoisotopic (exact) mass is 916 g/mol. The summed E-state index contributed by atoms with van der Waals surface area (Å²) in [6, 6.07) is 4.13. The molecule has 0 radical (unpaired) electrons. The van der Waals surface area contributed by atoms with Gasteiger partial charge in [0.15, 0.2) is 0 Å². The van der Waals surface area contributed by atoms with E-state index in [0.29, 0.717) is 12.3 Å². The third-order valence-corrected chi connectivity index (χ3v) is 15.7. The average molecular weight is 917 g/mol. The first-order valence-corrected chi connectivity index (χ1v) is 23.5. The topological polar surface area (TPSA) is 229 Å². The van der Waals surface area contributed by atoms with Gasteiger partial charge in [-0.05, 0) is 101 Å². The Morgan fingerprint density at radius 1 is 0.953 bits per heavy atom. The summed E-state index contributed by atoms with van der Waals surface area (Å²) in [5, 5.41) is 5.88. The summed E-state index contributed by atoms with van der Waals surface area (Å²) in [4.78, 5) is 83.9. The number of benzene rings is 1. The zero-order valence-electron chi connectivity index (χ0n) is 38.9. The Morgan fingerprint density at radius 2 is 1.61 bits per heavy atom. The molecule has 21 heteroatoms. The van der Waals surface area contributed by atoms with Crippen molar-refractivity contribution in [3.05, 3.63) is 29.8 Å². The van der Waals surface area contributed by atoms with Crippen LogP contribution in [-0.4, -0.2) is 141 Å². The highest BCUT2D eigenvalue weighted by Crippen LogP contribution is 2.66. The fraction of sp³-hybridized carbons (Fsp3) is 0.721. The van der Waals surface area contributed by atoms with Crippen molar-refractivity contribution in [2.24, 2.45) is 28.6 Å². The Hall–Kier alpha value is -4.47. The molecule has 19 nitrogen and oxygen atoms in total. The molecule has 3 aliphatic carbocycles. The normalized spacial score (nSPS) is 26.5. The first-order chi connectivity index (χ1) is 29.7. The molecular formula is C43H65BN6O13S. The quantitative estimate of drug-likeness (QED) is 0.156. The lowest BCUT2D eigenvalue weighted by molar-refractivity contribution is -0.199. The molecule has 1 aromatic rings. The lowest BCUT2D eigenvalue weighted by Gasteiger charge is -2.64. The van der Waals surface area contributed by atoms with Crippen molar-refractivity contribution in [2.45, 2.75) is 124 Å². The Kier molecular flexibility index (Phi) is 13.6. The second-order valence-corrected chi connectivity index (χ2v) is 22.1. The number of piperazine rings is 1. The zero-order chi connectivity index (χ0) is 47.4. The van der Waals surface area contributed by atoms with Crippen molar-refractivity contribution in [1.82, 2.24) is 29.5 Å². The number of carbonyl (C=O) groups excluding carboxylic acids is 6. The molecule has 1 aromatic carbocycles. The van der Waals surface area contributed by atoms with Crippen molar-refractivity contribution in [3.63, 3.8) is 0 Å². The number of hydrogen-bond donors (Lipinski definition) is 3. The van der Waals surface area contributed by atoms with Gasteiger partial charge in [0.05, 0.1) is 18.8 Å². The van der Waals surface area contributed by atoms with Gasteiger partial charge < -0.3 is 39.1 Å². The van der Waals surface area contributed by atoms with E-state index in [9.17, 15) is 32.4 Å². The first-order valence-electron chi connectivity index (χ1n) is 22.1. The molecule has 3 saturated heterocycles. The maximum atomic E-state index is 15.3. The van der Waals surface area contributed by atoms with Crippen LogP contribution in [0.5, 0.6) is 5.75 Å². The van der Waals surface area contributed by atoms with E-state index in [1.165, 1.54) is 12.0 Å². The van der Waals surface area contributed by atoms with Crippen molar-refractivity contribution in [2.75, 3.05) is 46.4 Å². The van der Waals surface area contributed by atoms with Gasteiger partial charge in [-0.2, -0.15) is 12.7 Å². The standard InChI is InChI=1S/C43H65BN6O13S/c1-12-48-21-22-50(35(53)34(48)52)37(55)45-32(26-17-19-49(20-18-26)64(57,58)47-38(56)61-40(5,6)7)33(51)46-43(39(2,3)4,25-60-36(54)28-15-13-14-16-29(28)59-11)44-62-31-24-27-23-30(41(27,8)9)42(31,10)63-44/h13-16,26-27,30-32H,12,17-25H2,1-11H3,(H,45,55)(H,46,51)(H,47,56)/t27-,30-,31+,32?,42-,43-/m0/s1. The van der Waals surface area contributed by atoms with E-state index in [1.54, 1.807) is 52.0 Å². The predicted octanol–water partition coefficient (Wildman–Crippen LogP) is 3.27. The van der Waals surface area contributed by atoms with E-state index in [0.717, 1.165) is 15.6 Å². The molecule has 6 amide bonds. The van der Waals surface area contributed by atoms with Gasteiger partial charge in [0.1, 0.15) is 35.0 Å². The Bertz CT molecular complexity index is 2120. The van der Waals surface area contributed by atoms with Crippen LogP contribution in [0, 0.1) is 28.6 Å². The van der Waals surface area contributed by atoms with Gasteiger partial charge in [-0.25, -0.2) is 19.1 Å². The van der Waals surface area contributed by atoms with Crippen LogP contribution in [0.2, 0.25) is 0 Å². The predicted molar refractivity (Wildman–Crippen MR) is 233 cm³/mol. The van der Waals surface area contributed by atoms with Gasteiger partial charge >= 0.3 is 47.2 Å². The molecule has 0 spiro atoms. The van der Waals surface area contributed by atoms with Crippen LogP contribution < -0.4 is 20.1 Å². The minimum atomic E-state index is -4.38. The maximum Gasteiger partial charge on any atom is 0.489 e. The summed E-state index contributed by atoms with van der Waals surface area (Å²) in [7, 11) is -4.12. The van der Waals surface area contributed by atoms with Crippen molar-refractivity contribution >= 4 is 53.1 Å². The molecule has 354 valence electrons. The third-order valence-electron chi connectivity index (χ3n) is 14.2. The molecule has 3 N–H and O–H groups in total. The van der Waals surface area contributed by atoms with Crippen LogP contribution in [0.4, 0.5) is 9.59 Å². The van der Waals surface area contributed by atoms with E-state index in [4.69, 9.17) is 23.5 Å². The number of esters is 1. The summed E-state index contributed by atoms with van der Waals surface area (Å²) in [6.07, 6.45) is 0.189. The number of hydrogen-bond acceptors (Lipinski definition) is 13. The van der Waals surface area contributed by atoms with E-state index in [2.05, 4.69) is 24.5 Å². The molecule has 3 heterocycles. The van der Waals surface area contributed by atoms with Gasteiger partial charge in [0, 0.05) is 32.7 Å². The van der Waals surface area contributed by atoms with Crippen molar-refractivity contribution in [1.29, 1.82) is 0 Å². The lowest BCUT2D eigenvalue weighted by Crippen LogP contribution is -2.73. The number of methoxy groups -OCH3 is 1. The van der Waals surface area contributed by atoms with Gasteiger partial charge in [0.25, 0.3) is 0 Å². The SMILES string of the molecule is CCN1CCN(C(=O)NC(C(=O)N[C@](COC(=O)c2ccccc2OC)(B2O[C@@H]3C[C@@H]4C[C@@H](C4(C)C)[C@]3(C)O2)C(C)(C)C)C2CCN(S(=O)(=O)NC(=O)OC(C)(C)C)CC2)C(=O)C1=O. The fourth-order valence-electron chi connectivity index (χ4n) is 10.1. The number of nitrogens with zero attached hydrogens (tertiary/aromatic N) is 3. The third kappa shape index (κ3) is 9.31. The number of para-hydroxylation sites is 1. The van der Waals surface area contributed by atoms with E-state index in [-0.39, 0.29) is 74.3 Å². The minimum absolute atomic E-state index is 0.0180. The number of urea groups is 1. The number of nitrogens with one attached hydrogen (secondary N) is 3. The number of carbonyl (C=O) groups is 6. The number of likely N-dealkylation sites (N-methyl/N-ethyl adjacent to an activating group) is 1. The molecule has 2 bridgehead atoms. The van der Waals surface area contributed by atoms with Gasteiger partial charge in [-0.15, -0.1) is 0 Å². The molecule has 3 saturated carbocycles. The molecule has 7 rings (SSSR count). The average Bonchev–Trinajstić information content (AvgIpc) is 3.58. The molecule has 6 aliphatic rings. The highest BCUT2D eigenvalue weighted by molar-refractivity contribution is 7.87. The molecule has 1 unspecified atom stereocenters. The fourth-order valence-corrected chi connectivity index (χ4v) is 11.1. The smallest absolute Gasteiger partial charge is 0.489 e. The van der Waals surface area contributed by atoms with Crippen LogP contribution in [0.1, 0.15) is 105 Å². The number of amides is 6. The molecule has 0 aromatic heterocycles. The second kappa shape index (κ2) is 17.7. The van der Waals surface area contributed by atoms with Crippen LogP contribution >= 0.6 is 0 Å². The molecule has 3 aliphatic heterocycles. The number of piperidine rings is 1. The number of imide groups is 1. The second-order valence-electron chi connectivity index (χ2n) is 20.4. The van der Waals surface area contributed by atoms with Crippen LogP contribution in [0.15, 0.2) is 24.3 Å². The summed E-state index contributed by atoms with van der Waals surface area (Å²) in [5.41, 5.74) is -4.24. The first kappa shape index (κ1) is 49.0. The number of rotatable bonds is 12. The molecule has 64 heavy (non-hydrogen) atoms. The van der Waals surface area contributed by atoms with E-state index < -0.39 is 93.8 Å². The summed E-state index contributed by atoms with van der Waals surface area (Å²) >= 11 is 0. The van der Waals surface area contributed by atoms with Gasteiger partial charge in [-0.1, -0.05) is 46.8 Å². The Balaban J connectivity index is 1.34. The lowest BCUT2D eigenvalue weighted by atomic mass is 9.43. The minimum Gasteiger partial charge on any atom is -0.496 e. The Morgan fingerprint density at radius 3 is 2.20 bits per heavy atom. The maximum absolute atomic E-state index is 15.3. The Labute approximate surface area is 376 Å². The van der Waals surface area contributed by atoms with Gasteiger partial charge in [-0.3, -0.25) is 19.3 Å². The largest absolute Gasteiger partial charge is 0.496 e. The zero-order valence-corrected chi connectivity index (χ0v) is 39.7. The van der Waals surface area contributed by atoms with Crippen LogP contribution in [-0.2, 0) is 43.4 Å². The van der Waals surface area contributed by atoms with Gasteiger partial charge in [0.2, 0.25) is 5.91 Å². The summed E-state index contributed by atoms with van der Waals surface area (Å²) in [6.45, 7) is 17.9.